The molecule has 1 amide bonds. The van der Waals surface area contributed by atoms with Crippen LogP contribution in [0.1, 0.15) is 29.6 Å². The van der Waals surface area contributed by atoms with Gasteiger partial charge in [-0.2, -0.15) is 0 Å². The molecule has 2 heterocycles. The van der Waals surface area contributed by atoms with Crippen molar-refractivity contribution in [1.82, 2.24) is 4.90 Å². The Morgan fingerprint density at radius 3 is 3.00 bits per heavy atom. The normalized spacial score (nSPS) is 24.6. The molecule has 3 rings (SSSR count). The lowest BCUT2D eigenvalue weighted by Gasteiger charge is -2.41. The van der Waals surface area contributed by atoms with Gasteiger partial charge < -0.3 is 14.7 Å². The van der Waals surface area contributed by atoms with Crippen molar-refractivity contribution >= 4 is 11.6 Å². The monoisotopic (exact) mass is 306 g/mol. The quantitative estimate of drug-likeness (QED) is 0.666. The highest BCUT2D eigenvalue weighted by Gasteiger charge is 2.34. The molecule has 0 saturated carbocycles. The maximum atomic E-state index is 12.5. The van der Waals surface area contributed by atoms with E-state index in [0.29, 0.717) is 19.0 Å². The number of amides is 1. The van der Waals surface area contributed by atoms with Gasteiger partial charge in [-0.05, 0) is 31.4 Å². The number of carbonyl (C=O) groups excluding carboxylic acids is 1. The summed E-state index contributed by atoms with van der Waals surface area (Å²) < 4.78 is 5.72. The zero-order chi connectivity index (χ0) is 15.7. The molecule has 0 bridgehead atoms. The highest BCUT2D eigenvalue weighted by molar-refractivity contribution is 5.95. The van der Waals surface area contributed by atoms with E-state index in [9.17, 15) is 20.0 Å². The molecule has 22 heavy (non-hydrogen) atoms. The van der Waals surface area contributed by atoms with Crippen molar-refractivity contribution in [3.63, 3.8) is 0 Å². The van der Waals surface area contributed by atoms with Crippen molar-refractivity contribution in [1.29, 1.82) is 0 Å². The van der Waals surface area contributed by atoms with Crippen LogP contribution in [0.2, 0.25) is 0 Å². The number of hydrogen-bond donors (Lipinski definition) is 1. The average Bonchev–Trinajstić information content (AvgIpc) is 2.54. The second-order valence-corrected chi connectivity index (χ2v) is 5.81. The first-order valence-corrected chi connectivity index (χ1v) is 7.44. The van der Waals surface area contributed by atoms with E-state index in [1.54, 1.807) is 4.90 Å². The summed E-state index contributed by atoms with van der Waals surface area (Å²) in [5.41, 5.74) is -0.207. The fraction of sp³-hybridized carbons (Fsp3) is 0.533. The summed E-state index contributed by atoms with van der Waals surface area (Å²) in [5.74, 6) is -0.313. The van der Waals surface area contributed by atoms with Crippen LogP contribution in [0, 0.1) is 16.0 Å². The van der Waals surface area contributed by atoms with E-state index in [4.69, 9.17) is 4.74 Å². The van der Waals surface area contributed by atoms with Gasteiger partial charge in [0, 0.05) is 37.2 Å². The molecule has 0 aliphatic carbocycles. The summed E-state index contributed by atoms with van der Waals surface area (Å²) in [6, 6.07) is 3.76. The van der Waals surface area contributed by atoms with Gasteiger partial charge in [-0.15, -0.1) is 0 Å². The third kappa shape index (κ3) is 2.76. The van der Waals surface area contributed by atoms with Crippen LogP contribution in [-0.4, -0.2) is 46.6 Å². The number of nitrogens with zero attached hydrogens (tertiary/aromatic N) is 2. The molecule has 0 radical (unpaired) electrons. The van der Waals surface area contributed by atoms with Gasteiger partial charge in [0.25, 0.3) is 5.91 Å². The third-order valence-corrected chi connectivity index (χ3v) is 4.42. The molecule has 0 spiro atoms. The van der Waals surface area contributed by atoms with E-state index in [-0.39, 0.29) is 17.6 Å². The van der Waals surface area contributed by atoms with Crippen LogP contribution in [0.3, 0.4) is 0 Å². The maximum Gasteiger partial charge on any atom is 0.311 e. The van der Waals surface area contributed by atoms with Gasteiger partial charge in [-0.25, -0.2) is 0 Å². The fourth-order valence-electron chi connectivity index (χ4n) is 3.26. The number of nitro groups is 1. The van der Waals surface area contributed by atoms with Crippen LogP contribution >= 0.6 is 0 Å². The molecule has 1 aromatic carbocycles. The lowest BCUT2D eigenvalue weighted by molar-refractivity contribution is -0.385. The van der Waals surface area contributed by atoms with Crippen molar-refractivity contribution in [2.75, 3.05) is 19.7 Å². The molecule has 1 N–H and O–H groups in total. The fourth-order valence-corrected chi connectivity index (χ4v) is 3.26. The lowest BCUT2D eigenvalue weighted by Crippen LogP contribution is -2.48. The molecular formula is C15H18N2O5. The van der Waals surface area contributed by atoms with Gasteiger partial charge in [-0.1, -0.05) is 0 Å². The molecule has 2 aliphatic rings. The number of phenolic OH excluding ortho intramolecular Hbond substituents is 1. The number of hydrogen-bond acceptors (Lipinski definition) is 5. The number of rotatable bonds is 2. The van der Waals surface area contributed by atoms with Gasteiger partial charge in [-0.3, -0.25) is 14.9 Å². The first-order chi connectivity index (χ1) is 10.6. The maximum absolute atomic E-state index is 12.5. The van der Waals surface area contributed by atoms with E-state index in [1.165, 1.54) is 12.1 Å². The Bertz CT molecular complexity index is 604. The highest BCUT2D eigenvalue weighted by atomic mass is 16.6. The molecular weight excluding hydrogens is 288 g/mol. The molecule has 118 valence electrons. The van der Waals surface area contributed by atoms with Gasteiger partial charge >= 0.3 is 5.69 Å². The topological polar surface area (TPSA) is 92.9 Å². The number of fused-ring (bicyclic) bond motifs is 1. The minimum atomic E-state index is -0.687. The summed E-state index contributed by atoms with van der Waals surface area (Å²) in [6.07, 6.45) is 3.08. The number of aromatic hydroxyl groups is 1. The second kappa shape index (κ2) is 5.92. The Labute approximate surface area is 127 Å². The number of nitro benzene ring substituents is 1. The van der Waals surface area contributed by atoms with Crippen molar-refractivity contribution in [2.24, 2.45) is 5.92 Å². The summed E-state index contributed by atoms with van der Waals surface area (Å²) in [5, 5.41) is 20.3. The zero-order valence-electron chi connectivity index (χ0n) is 12.1. The van der Waals surface area contributed by atoms with Crippen LogP contribution in [0.5, 0.6) is 5.75 Å². The molecule has 0 unspecified atom stereocenters. The summed E-state index contributed by atoms with van der Waals surface area (Å²) >= 11 is 0. The summed E-state index contributed by atoms with van der Waals surface area (Å²) in [7, 11) is 0. The molecule has 2 saturated heterocycles. The Morgan fingerprint density at radius 1 is 1.41 bits per heavy atom. The Balaban J connectivity index is 1.76. The average molecular weight is 306 g/mol. The largest absolute Gasteiger partial charge is 0.502 e. The smallest absolute Gasteiger partial charge is 0.311 e. The third-order valence-electron chi connectivity index (χ3n) is 4.42. The number of piperidine rings is 1. The molecule has 7 heteroatoms. The first kappa shape index (κ1) is 14.8. The molecule has 2 fully saturated rings. The number of phenols is 1. The molecule has 2 aliphatic heterocycles. The van der Waals surface area contributed by atoms with E-state index in [2.05, 4.69) is 0 Å². The van der Waals surface area contributed by atoms with Gasteiger partial charge in [0.2, 0.25) is 0 Å². The number of ether oxygens (including phenoxy) is 1. The van der Waals surface area contributed by atoms with Crippen LogP contribution in [0.4, 0.5) is 5.69 Å². The van der Waals surface area contributed by atoms with Crippen LogP contribution in [-0.2, 0) is 4.74 Å². The Morgan fingerprint density at radius 2 is 2.23 bits per heavy atom. The lowest BCUT2D eigenvalue weighted by atomic mass is 9.88. The molecule has 7 nitrogen and oxygen atoms in total. The van der Waals surface area contributed by atoms with E-state index in [0.717, 1.165) is 31.9 Å². The van der Waals surface area contributed by atoms with Gasteiger partial charge in [0.15, 0.2) is 5.75 Å². The molecule has 1 aromatic rings. The molecule has 0 aromatic heterocycles. The summed E-state index contributed by atoms with van der Waals surface area (Å²) in [4.78, 5) is 24.4. The van der Waals surface area contributed by atoms with E-state index in [1.807, 2.05) is 0 Å². The van der Waals surface area contributed by atoms with Crippen molar-refractivity contribution < 1.29 is 19.6 Å². The second-order valence-electron chi connectivity index (χ2n) is 5.81. The van der Waals surface area contributed by atoms with Crippen LogP contribution in [0.25, 0.3) is 0 Å². The van der Waals surface area contributed by atoms with E-state index < -0.39 is 16.4 Å². The predicted molar refractivity (Wildman–Crippen MR) is 77.7 cm³/mol. The standard InChI is InChI=1S/C15H18N2O5/c18-13-4-3-10(8-12(13)17(20)21)15(19)16-6-5-14-11(9-16)2-1-7-22-14/h3-4,8,11,14,18H,1-2,5-7,9H2/t11-,14+/m1/s1. The highest BCUT2D eigenvalue weighted by Crippen LogP contribution is 2.31. The van der Waals surface area contributed by atoms with Crippen molar-refractivity contribution in [3.05, 3.63) is 33.9 Å². The van der Waals surface area contributed by atoms with Crippen LogP contribution in [0.15, 0.2) is 18.2 Å². The van der Waals surface area contributed by atoms with Crippen LogP contribution < -0.4 is 0 Å². The molecule has 2 atom stereocenters. The van der Waals surface area contributed by atoms with Crippen molar-refractivity contribution in [3.8, 4) is 5.75 Å². The number of benzene rings is 1. The Kier molecular flexibility index (Phi) is 3.98. The zero-order valence-corrected chi connectivity index (χ0v) is 12.1. The minimum Gasteiger partial charge on any atom is -0.502 e. The minimum absolute atomic E-state index is 0.229. The van der Waals surface area contributed by atoms with Gasteiger partial charge in [0.05, 0.1) is 11.0 Å². The van der Waals surface area contributed by atoms with E-state index >= 15 is 0 Å². The van der Waals surface area contributed by atoms with Crippen molar-refractivity contribution in [2.45, 2.75) is 25.4 Å². The number of likely N-dealkylation sites (tertiary alicyclic amines) is 1. The Hall–Kier alpha value is -2.15. The summed E-state index contributed by atoms with van der Waals surface area (Å²) in [6.45, 7) is 2.01. The number of carbonyl (C=O) groups is 1. The SMILES string of the molecule is O=C(c1ccc(O)c([N+](=O)[O-])c1)N1CC[C@@H]2OCCC[C@@H]2C1. The predicted octanol–water partition coefficient (Wildman–Crippen LogP) is 1.94. The van der Waals surface area contributed by atoms with Gasteiger partial charge in [0.1, 0.15) is 0 Å². The first-order valence-electron chi connectivity index (χ1n) is 7.44.